The van der Waals surface area contributed by atoms with Crippen molar-refractivity contribution < 1.29 is 5.11 Å². The van der Waals surface area contributed by atoms with Gasteiger partial charge in [-0.2, -0.15) is 0 Å². The summed E-state index contributed by atoms with van der Waals surface area (Å²) in [5, 5.41) is 17.4. The minimum atomic E-state index is 0.159. The van der Waals surface area contributed by atoms with Crippen LogP contribution in [0.4, 0.5) is 0 Å². The van der Waals surface area contributed by atoms with Crippen molar-refractivity contribution in [2.45, 2.75) is 12.8 Å². The average molecular weight is 310 g/mol. The summed E-state index contributed by atoms with van der Waals surface area (Å²) in [5.41, 5.74) is 2.15. The molecule has 1 aromatic carbocycles. The van der Waals surface area contributed by atoms with Crippen LogP contribution in [0.25, 0.3) is 0 Å². The van der Waals surface area contributed by atoms with E-state index in [2.05, 4.69) is 38.4 Å². The predicted molar refractivity (Wildman–Crippen MR) is 73.1 cm³/mol. The van der Waals surface area contributed by atoms with E-state index in [-0.39, 0.29) is 12.5 Å². The molecule has 0 fully saturated rings. The lowest BCUT2D eigenvalue weighted by Crippen LogP contribution is -2.13. The first kappa shape index (κ1) is 13.2. The highest BCUT2D eigenvalue weighted by atomic mass is 79.9. The van der Waals surface area contributed by atoms with Crippen molar-refractivity contribution in [1.82, 2.24) is 15.0 Å². The second kappa shape index (κ2) is 6.11. The number of benzene rings is 1. The van der Waals surface area contributed by atoms with Crippen molar-refractivity contribution in [1.29, 1.82) is 0 Å². The Morgan fingerprint density at radius 2 is 2.00 bits per heavy atom. The number of nitrogens with zero attached hydrogens (tertiary/aromatic N) is 3. The minimum Gasteiger partial charge on any atom is -0.396 e. The van der Waals surface area contributed by atoms with E-state index in [4.69, 9.17) is 0 Å². The van der Waals surface area contributed by atoms with Crippen LogP contribution in [0.3, 0.4) is 0 Å². The van der Waals surface area contributed by atoms with Gasteiger partial charge in [0, 0.05) is 24.3 Å². The molecule has 1 unspecified atom stereocenters. The van der Waals surface area contributed by atoms with Crippen LogP contribution in [0.5, 0.6) is 0 Å². The van der Waals surface area contributed by atoms with Crippen LogP contribution in [0, 0.1) is 5.92 Å². The maximum Gasteiger partial charge on any atom is 0.0830 e. The van der Waals surface area contributed by atoms with Gasteiger partial charge < -0.3 is 5.11 Å². The second-order valence-electron chi connectivity index (χ2n) is 4.47. The summed E-state index contributed by atoms with van der Waals surface area (Å²) >= 11 is 3.41. The molecule has 0 bridgehead atoms. The minimum absolute atomic E-state index is 0.159. The molecule has 1 N–H and O–H groups in total. The van der Waals surface area contributed by atoms with Crippen molar-refractivity contribution in [3.8, 4) is 0 Å². The topological polar surface area (TPSA) is 50.9 Å². The third kappa shape index (κ3) is 3.65. The van der Waals surface area contributed by atoms with Crippen LogP contribution in [-0.4, -0.2) is 26.7 Å². The lowest BCUT2D eigenvalue weighted by Gasteiger charge is -2.12. The summed E-state index contributed by atoms with van der Waals surface area (Å²) in [4.78, 5) is 0. The molecular weight excluding hydrogens is 294 g/mol. The summed E-state index contributed by atoms with van der Waals surface area (Å²) in [6.45, 7) is 0.159. The SMILES string of the molecule is Cn1cc(CC(CO)Cc2ccc(Br)cc2)nn1. The number of aromatic nitrogens is 3. The zero-order valence-electron chi connectivity index (χ0n) is 10.3. The zero-order valence-corrected chi connectivity index (χ0v) is 11.8. The van der Waals surface area contributed by atoms with E-state index >= 15 is 0 Å². The monoisotopic (exact) mass is 309 g/mol. The van der Waals surface area contributed by atoms with Crippen LogP contribution < -0.4 is 0 Å². The van der Waals surface area contributed by atoms with Crippen molar-refractivity contribution in [2.75, 3.05) is 6.61 Å². The molecule has 0 spiro atoms. The van der Waals surface area contributed by atoms with Crippen LogP contribution in [0.1, 0.15) is 11.3 Å². The van der Waals surface area contributed by atoms with Gasteiger partial charge >= 0.3 is 0 Å². The molecular formula is C13H16BrN3O. The van der Waals surface area contributed by atoms with Crippen molar-refractivity contribution in [3.63, 3.8) is 0 Å². The highest BCUT2D eigenvalue weighted by molar-refractivity contribution is 9.10. The van der Waals surface area contributed by atoms with Gasteiger partial charge in [-0.1, -0.05) is 33.3 Å². The smallest absolute Gasteiger partial charge is 0.0830 e. The molecule has 2 aromatic rings. The Bertz CT molecular complexity index is 495. The molecule has 4 nitrogen and oxygen atoms in total. The van der Waals surface area contributed by atoms with Gasteiger partial charge in [0.25, 0.3) is 0 Å². The Labute approximate surface area is 115 Å². The summed E-state index contributed by atoms with van der Waals surface area (Å²) in [5.74, 6) is 0.183. The zero-order chi connectivity index (χ0) is 13.0. The summed E-state index contributed by atoms with van der Waals surface area (Å²) in [7, 11) is 1.85. The molecule has 0 aliphatic heterocycles. The van der Waals surface area contributed by atoms with Crippen LogP contribution in [-0.2, 0) is 19.9 Å². The van der Waals surface area contributed by atoms with E-state index in [0.29, 0.717) is 0 Å². The number of halogens is 1. The maximum atomic E-state index is 9.45. The van der Waals surface area contributed by atoms with Crippen molar-refractivity contribution in [3.05, 3.63) is 46.2 Å². The molecule has 1 heterocycles. The highest BCUT2D eigenvalue weighted by Crippen LogP contribution is 2.16. The molecule has 2 rings (SSSR count). The van der Waals surface area contributed by atoms with Gasteiger partial charge in [0.05, 0.1) is 5.69 Å². The first-order chi connectivity index (χ1) is 8.67. The van der Waals surface area contributed by atoms with Crippen LogP contribution >= 0.6 is 15.9 Å². The van der Waals surface area contributed by atoms with Gasteiger partial charge in [-0.15, -0.1) is 5.10 Å². The first-order valence-electron chi connectivity index (χ1n) is 5.88. The van der Waals surface area contributed by atoms with E-state index in [1.165, 1.54) is 5.56 Å². The van der Waals surface area contributed by atoms with E-state index in [1.54, 1.807) is 4.68 Å². The molecule has 1 atom stereocenters. The number of hydrogen-bond acceptors (Lipinski definition) is 3. The summed E-state index contributed by atoms with van der Waals surface area (Å²) in [6, 6.07) is 8.19. The molecule has 18 heavy (non-hydrogen) atoms. The Morgan fingerprint density at radius 3 is 2.56 bits per heavy atom. The van der Waals surface area contributed by atoms with E-state index in [9.17, 15) is 5.11 Å². The van der Waals surface area contributed by atoms with Gasteiger partial charge in [-0.25, -0.2) is 0 Å². The Hall–Kier alpha value is -1.20. The standard InChI is InChI=1S/C13H16BrN3O/c1-17-8-13(15-16-17)7-11(9-18)6-10-2-4-12(14)5-3-10/h2-5,8,11,18H,6-7,9H2,1H3. The second-order valence-corrected chi connectivity index (χ2v) is 5.38. The molecule has 5 heteroatoms. The number of hydrogen-bond donors (Lipinski definition) is 1. The summed E-state index contributed by atoms with van der Waals surface area (Å²) < 4.78 is 2.75. The lowest BCUT2D eigenvalue weighted by atomic mass is 9.96. The van der Waals surface area contributed by atoms with Gasteiger partial charge in [-0.3, -0.25) is 4.68 Å². The normalized spacial score (nSPS) is 12.6. The van der Waals surface area contributed by atoms with Gasteiger partial charge in [0.2, 0.25) is 0 Å². The fourth-order valence-electron chi connectivity index (χ4n) is 1.94. The van der Waals surface area contributed by atoms with E-state index in [0.717, 1.165) is 23.0 Å². The van der Waals surface area contributed by atoms with Gasteiger partial charge in [-0.05, 0) is 36.5 Å². The molecule has 0 saturated heterocycles. The Balaban J connectivity index is 1.99. The molecule has 0 radical (unpaired) electrons. The Morgan fingerprint density at radius 1 is 1.28 bits per heavy atom. The number of aliphatic hydroxyl groups is 1. The lowest BCUT2D eigenvalue weighted by molar-refractivity contribution is 0.224. The molecule has 0 aliphatic rings. The molecule has 96 valence electrons. The van der Waals surface area contributed by atoms with Crippen molar-refractivity contribution in [2.24, 2.45) is 13.0 Å². The third-order valence-electron chi connectivity index (χ3n) is 2.84. The summed E-state index contributed by atoms with van der Waals surface area (Å²) in [6.07, 6.45) is 3.49. The van der Waals surface area contributed by atoms with E-state index < -0.39 is 0 Å². The molecule has 0 aliphatic carbocycles. The maximum absolute atomic E-state index is 9.45. The van der Waals surface area contributed by atoms with E-state index in [1.807, 2.05) is 25.4 Å². The molecule has 0 amide bonds. The third-order valence-corrected chi connectivity index (χ3v) is 3.37. The fraction of sp³-hybridized carbons (Fsp3) is 0.385. The van der Waals surface area contributed by atoms with Crippen molar-refractivity contribution >= 4 is 15.9 Å². The average Bonchev–Trinajstić information content (AvgIpc) is 2.77. The van der Waals surface area contributed by atoms with Crippen LogP contribution in [0.15, 0.2) is 34.9 Å². The van der Waals surface area contributed by atoms with Gasteiger partial charge in [0.15, 0.2) is 0 Å². The predicted octanol–water partition coefficient (Wildman–Crippen LogP) is 1.97. The van der Waals surface area contributed by atoms with Crippen LogP contribution in [0.2, 0.25) is 0 Å². The first-order valence-corrected chi connectivity index (χ1v) is 6.67. The molecule has 1 aromatic heterocycles. The quantitative estimate of drug-likeness (QED) is 0.918. The van der Waals surface area contributed by atoms with Gasteiger partial charge in [0.1, 0.15) is 0 Å². The number of aliphatic hydroxyl groups excluding tert-OH is 1. The number of rotatable bonds is 5. The Kier molecular flexibility index (Phi) is 4.49. The molecule has 0 saturated carbocycles. The fourth-order valence-corrected chi connectivity index (χ4v) is 2.20. The number of aryl methyl sites for hydroxylation is 1. The largest absolute Gasteiger partial charge is 0.396 e. The highest BCUT2D eigenvalue weighted by Gasteiger charge is 2.12.